The molecule has 0 saturated heterocycles. The number of nitro benzene ring substituents is 1. The van der Waals surface area contributed by atoms with Crippen molar-refractivity contribution in [2.45, 2.75) is 64.4 Å². The van der Waals surface area contributed by atoms with E-state index in [1.54, 1.807) is 19.9 Å². The lowest BCUT2D eigenvalue weighted by Crippen LogP contribution is -2.43. The van der Waals surface area contributed by atoms with E-state index in [1.165, 1.54) is 25.3 Å². The van der Waals surface area contributed by atoms with E-state index in [1.807, 2.05) is 0 Å². The predicted molar refractivity (Wildman–Crippen MR) is 126 cm³/mol. The molecular weight excluding hydrogens is 452 g/mol. The molecule has 0 aromatic heterocycles. The molecule has 9 heteroatoms. The van der Waals surface area contributed by atoms with Crippen molar-refractivity contribution in [3.63, 3.8) is 0 Å². The number of ketones is 1. The van der Waals surface area contributed by atoms with Crippen LogP contribution in [0.25, 0.3) is 0 Å². The molecule has 1 aromatic rings. The minimum atomic E-state index is -1.02. The molecular formula is C26H30N2O7. The first-order chi connectivity index (χ1) is 16.7. The zero-order chi connectivity index (χ0) is 25.3. The highest BCUT2D eigenvalue weighted by atomic mass is 16.6. The van der Waals surface area contributed by atoms with Gasteiger partial charge in [0.2, 0.25) is 0 Å². The molecule has 3 atom stereocenters. The third-order valence-electron chi connectivity index (χ3n) is 7.20. The normalized spacial score (nSPS) is 25.0. The van der Waals surface area contributed by atoms with Gasteiger partial charge in [0.25, 0.3) is 5.69 Å². The number of methoxy groups -OCH3 is 1. The molecule has 1 aliphatic heterocycles. The predicted octanol–water partition coefficient (Wildman–Crippen LogP) is 4.08. The molecule has 186 valence electrons. The number of carbonyl (C=O) groups excluding carboxylic acids is 3. The van der Waals surface area contributed by atoms with Gasteiger partial charge in [-0.3, -0.25) is 19.7 Å². The zero-order valence-corrected chi connectivity index (χ0v) is 20.2. The van der Waals surface area contributed by atoms with E-state index in [0.29, 0.717) is 23.4 Å². The van der Waals surface area contributed by atoms with Crippen molar-refractivity contribution in [2.24, 2.45) is 11.8 Å². The molecule has 3 aliphatic rings. The van der Waals surface area contributed by atoms with E-state index >= 15 is 0 Å². The third-order valence-corrected chi connectivity index (χ3v) is 7.20. The van der Waals surface area contributed by atoms with E-state index < -0.39 is 34.5 Å². The van der Waals surface area contributed by atoms with Crippen molar-refractivity contribution in [2.75, 3.05) is 7.11 Å². The molecule has 1 saturated carbocycles. The average molecular weight is 483 g/mol. The monoisotopic (exact) mass is 482 g/mol. The Kier molecular flexibility index (Phi) is 7.05. The standard InChI is InChI=1S/C26H30N2O7/c1-14-12-19-23(24(29)20(14)25(30)34-3)22(16-8-7-9-17(13-16)28(32)33)21(15(2)27-19)26(31)35-18-10-5-4-6-11-18/h7-9,13-14,18,20,22,27H,4-6,10-12H2,1-3H3/t14-,20+,22+/m1/s1. The first-order valence-corrected chi connectivity index (χ1v) is 12.0. The van der Waals surface area contributed by atoms with E-state index in [2.05, 4.69) is 5.32 Å². The number of allylic oxidation sites excluding steroid dienone is 3. The highest BCUT2D eigenvalue weighted by Crippen LogP contribution is 2.46. The van der Waals surface area contributed by atoms with Crippen LogP contribution in [-0.4, -0.2) is 35.9 Å². The maximum absolute atomic E-state index is 13.7. The summed E-state index contributed by atoms with van der Waals surface area (Å²) in [7, 11) is 1.24. The van der Waals surface area contributed by atoms with Crippen LogP contribution in [0.1, 0.15) is 63.9 Å². The SMILES string of the molecule is COC(=O)[C@@H]1C(=O)C2=C(C[C@H]1C)NC(C)=C(C(=O)OC1CCCCC1)[C@@H]2c1cccc([N+](=O)[O-])c1. The summed E-state index contributed by atoms with van der Waals surface area (Å²) in [5.41, 5.74) is 1.93. The number of nitrogens with zero attached hydrogens (tertiary/aromatic N) is 1. The van der Waals surface area contributed by atoms with Gasteiger partial charge in [0, 0.05) is 35.0 Å². The highest BCUT2D eigenvalue weighted by molar-refractivity contribution is 6.12. The number of benzene rings is 1. The molecule has 2 aliphatic carbocycles. The van der Waals surface area contributed by atoms with Crippen LogP contribution < -0.4 is 5.32 Å². The second-order valence-corrected chi connectivity index (χ2v) is 9.55. The van der Waals surface area contributed by atoms with Gasteiger partial charge in [-0.05, 0) is 50.5 Å². The minimum Gasteiger partial charge on any atom is -0.468 e. The first-order valence-electron chi connectivity index (χ1n) is 12.0. The van der Waals surface area contributed by atoms with Gasteiger partial charge in [-0.1, -0.05) is 25.5 Å². The Labute approximate surface area is 203 Å². The van der Waals surface area contributed by atoms with Crippen LogP contribution in [0.3, 0.4) is 0 Å². The number of nitro groups is 1. The Bertz CT molecular complexity index is 1130. The summed E-state index contributed by atoms with van der Waals surface area (Å²) in [4.78, 5) is 50.7. The Hall–Kier alpha value is -3.49. The van der Waals surface area contributed by atoms with E-state index in [9.17, 15) is 24.5 Å². The van der Waals surface area contributed by atoms with Crippen LogP contribution in [-0.2, 0) is 23.9 Å². The number of nitrogens with one attached hydrogen (secondary N) is 1. The molecule has 9 nitrogen and oxygen atoms in total. The van der Waals surface area contributed by atoms with Crippen LogP contribution in [0.4, 0.5) is 5.69 Å². The summed E-state index contributed by atoms with van der Waals surface area (Å²) < 4.78 is 10.8. The van der Waals surface area contributed by atoms with Crippen molar-refractivity contribution in [3.8, 4) is 0 Å². The third kappa shape index (κ3) is 4.72. The highest BCUT2D eigenvalue weighted by Gasteiger charge is 2.47. The number of ether oxygens (including phenoxy) is 2. The summed E-state index contributed by atoms with van der Waals surface area (Å²) in [5, 5.41) is 14.7. The summed E-state index contributed by atoms with van der Waals surface area (Å²) in [6, 6.07) is 5.93. The summed E-state index contributed by atoms with van der Waals surface area (Å²) in [6.07, 6.45) is 4.82. The number of Topliss-reactive ketones (excluding diaryl/α,β-unsaturated/α-hetero) is 1. The number of dihydropyridines is 1. The quantitative estimate of drug-likeness (QED) is 0.288. The first kappa shape index (κ1) is 24.6. The molecule has 0 unspecified atom stereocenters. The molecule has 1 N–H and O–H groups in total. The van der Waals surface area contributed by atoms with Crippen LogP contribution in [0.2, 0.25) is 0 Å². The van der Waals surface area contributed by atoms with Gasteiger partial charge < -0.3 is 14.8 Å². The van der Waals surface area contributed by atoms with Gasteiger partial charge in [-0.2, -0.15) is 0 Å². The van der Waals surface area contributed by atoms with Crippen molar-refractivity contribution in [1.82, 2.24) is 5.32 Å². The lowest BCUT2D eigenvalue weighted by atomic mass is 9.69. The summed E-state index contributed by atoms with van der Waals surface area (Å²) >= 11 is 0. The number of carbonyl (C=O) groups is 3. The lowest BCUT2D eigenvalue weighted by molar-refractivity contribution is -0.384. The Morgan fingerprint density at radius 1 is 1.17 bits per heavy atom. The Morgan fingerprint density at radius 3 is 2.54 bits per heavy atom. The molecule has 0 radical (unpaired) electrons. The number of esters is 2. The fourth-order valence-electron chi connectivity index (χ4n) is 5.50. The van der Waals surface area contributed by atoms with Crippen molar-refractivity contribution >= 4 is 23.4 Å². The number of hydrogen-bond donors (Lipinski definition) is 1. The average Bonchev–Trinajstić information content (AvgIpc) is 2.83. The molecule has 0 amide bonds. The topological polar surface area (TPSA) is 125 Å². The van der Waals surface area contributed by atoms with Gasteiger partial charge in [-0.25, -0.2) is 4.79 Å². The maximum Gasteiger partial charge on any atom is 0.337 e. The second-order valence-electron chi connectivity index (χ2n) is 9.55. The van der Waals surface area contributed by atoms with Gasteiger partial charge >= 0.3 is 11.9 Å². The van der Waals surface area contributed by atoms with Crippen LogP contribution in [0.5, 0.6) is 0 Å². The van der Waals surface area contributed by atoms with E-state index in [4.69, 9.17) is 9.47 Å². The van der Waals surface area contributed by atoms with Crippen LogP contribution >= 0.6 is 0 Å². The summed E-state index contributed by atoms with van der Waals surface area (Å²) in [5.74, 6) is -3.85. The van der Waals surface area contributed by atoms with Crippen molar-refractivity contribution in [3.05, 3.63) is 62.5 Å². The smallest absolute Gasteiger partial charge is 0.337 e. The van der Waals surface area contributed by atoms with Gasteiger partial charge in [-0.15, -0.1) is 0 Å². The van der Waals surface area contributed by atoms with Crippen LogP contribution in [0.15, 0.2) is 46.8 Å². The maximum atomic E-state index is 13.7. The summed E-state index contributed by atoms with van der Waals surface area (Å²) in [6.45, 7) is 3.55. The Morgan fingerprint density at radius 2 is 1.89 bits per heavy atom. The Balaban J connectivity index is 1.82. The van der Waals surface area contributed by atoms with Gasteiger partial charge in [0.15, 0.2) is 5.78 Å². The lowest BCUT2D eigenvalue weighted by Gasteiger charge is -2.38. The molecule has 0 spiro atoms. The zero-order valence-electron chi connectivity index (χ0n) is 20.2. The van der Waals surface area contributed by atoms with E-state index in [0.717, 1.165) is 32.1 Å². The fraction of sp³-hybridized carbons (Fsp3) is 0.500. The van der Waals surface area contributed by atoms with Crippen LogP contribution in [0, 0.1) is 22.0 Å². The second kappa shape index (κ2) is 10.0. The largest absolute Gasteiger partial charge is 0.468 e. The molecule has 0 bridgehead atoms. The van der Waals surface area contributed by atoms with Crippen molar-refractivity contribution < 1.29 is 28.8 Å². The fourth-order valence-corrected chi connectivity index (χ4v) is 5.50. The molecule has 1 fully saturated rings. The molecule has 35 heavy (non-hydrogen) atoms. The van der Waals surface area contributed by atoms with Gasteiger partial charge in [0.05, 0.1) is 17.6 Å². The molecule has 1 aromatic carbocycles. The number of non-ortho nitro benzene ring substituents is 1. The van der Waals surface area contributed by atoms with Crippen molar-refractivity contribution in [1.29, 1.82) is 0 Å². The minimum absolute atomic E-state index is 0.151. The van der Waals surface area contributed by atoms with Gasteiger partial charge in [0.1, 0.15) is 12.0 Å². The number of rotatable bonds is 5. The number of hydrogen-bond acceptors (Lipinski definition) is 8. The molecule has 1 heterocycles. The molecule has 4 rings (SSSR count). The van der Waals surface area contributed by atoms with E-state index in [-0.39, 0.29) is 28.9 Å².